The summed E-state index contributed by atoms with van der Waals surface area (Å²) < 4.78 is 5.35. The molecule has 2 rings (SSSR count). The highest BCUT2D eigenvalue weighted by Crippen LogP contribution is 2.18. The lowest BCUT2D eigenvalue weighted by Crippen LogP contribution is -2.31. The van der Waals surface area contributed by atoms with E-state index in [0.29, 0.717) is 4.99 Å². The Balaban J connectivity index is 2.03. The van der Waals surface area contributed by atoms with Crippen molar-refractivity contribution >= 4 is 17.2 Å². The van der Waals surface area contributed by atoms with Crippen molar-refractivity contribution in [2.75, 3.05) is 13.6 Å². The van der Waals surface area contributed by atoms with Gasteiger partial charge >= 0.3 is 0 Å². The Bertz CT molecular complexity index is 510. The zero-order valence-corrected chi connectivity index (χ0v) is 11.8. The highest BCUT2D eigenvalue weighted by Gasteiger charge is 2.17. The third-order valence-electron chi connectivity index (χ3n) is 3.05. The Hall–Kier alpha value is -1.65. The highest BCUT2D eigenvalue weighted by atomic mass is 32.1. The minimum absolute atomic E-state index is 0.0659. The number of likely N-dealkylation sites (N-methyl/N-ethyl adjacent to an activating group) is 1. The second-order valence-electron chi connectivity index (χ2n) is 4.64. The summed E-state index contributed by atoms with van der Waals surface area (Å²) in [6.45, 7) is 1.53. The summed E-state index contributed by atoms with van der Waals surface area (Å²) in [4.78, 5) is 2.69. The van der Waals surface area contributed by atoms with Crippen LogP contribution in [0, 0.1) is 0 Å². The van der Waals surface area contributed by atoms with E-state index in [2.05, 4.69) is 17.0 Å². The molecule has 0 aliphatic heterocycles. The maximum absolute atomic E-state index is 5.87. The second-order valence-corrected chi connectivity index (χ2v) is 5.11. The van der Waals surface area contributed by atoms with Crippen LogP contribution in [0.3, 0.4) is 0 Å². The van der Waals surface area contributed by atoms with Crippen molar-refractivity contribution < 1.29 is 4.42 Å². The summed E-state index contributed by atoms with van der Waals surface area (Å²) in [5.41, 5.74) is 7.03. The van der Waals surface area contributed by atoms with E-state index in [1.165, 1.54) is 0 Å². The number of nitrogens with two attached hydrogens (primary N) is 1. The molecule has 0 saturated heterocycles. The Morgan fingerprint density at radius 1 is 1.26 bits per heavy atom. The molecule has 0 radical (unpaired) electrons. The Kier molecular flexibility index (Phi) is 4.71. The van der Waals surface area contributed by atoms with Gasteiger partial charge in [-0.15, -0.1) is 0 Å². The number of hydrogen-bond donors (Lipinski definition) is 1. The summed E-state index contributed by atoms with van der Waals surface area (Å²) in [6, 6.07) is 14.0. The van der Waals surface area contributed by atoms with E-state index >= 15 is 0 Å². The molecular weight excluding hydrogens is 256 g/mol. The number of hydrogen-bond acceptors (Lipinski definition) is 3. The zero-order chi connectivity index (χ0) is 13.7. The molecule has 1 unspecified atom stereocenters. The van der Waals surface area contributed by atoms with Gasteiger partial charge in [-0.3, -0.25) is 4.90 Å². The molecule has 0 saturated carbocycles. The standard InChI is InChI=1S/C15H18N2OS/c1-17(10-13-8-5-9-18-13)11-14(15(16)19)12-6-3-2-4-7-12/h2-9,14H,10-11H2,1H3,(H2,16,19). The van der Waals surface area contributed by atoms with E-state index in [9.17, 15) is 0 Å². The molecule has 0 bridgehead atoms. The highest BCUT2D eigenvalue weighted by molar-refractivity contribution is 7.80. The SMILES string of the molecule is CN(Cc1ccco1)CC(C(N)=S)c1ccccc1. The maximum atomic E-state index is 5.87. The summed E-state index contributed by atoms with van der Waals surface area (Å²) in [5, 5.41) is 0. The molecule has 0 aliphatic rings. The number of rotatable bonds is 6. The summed E-state index contributed by atoms with van der Waals surface area (Å²) in [7, 11) is 2.04. The Labute approximate surface area is 119 Å². The predicted molar refractivity (Wildman–Crippen MR) is 81.0 cm³/mol. The van der Waals surface area contributed by atoms with Crippen molar-refractivity contribution in [3.05, 3.63) is 60.1 Å². The van der Waals surface area contributed by atoms with Gasteiger partial charge in [0, 0.05) is 12.5 Å². The molecule has 0 fully saturated rings. The molecule has 1 aromatic heterocycles. The quantitative estimate of drug-likeness (QED) is 0.823. The van der Waals surface area contributed by atoms with Crippen LogP contribution < -0.4 is 5.73 Å². The lowest BCUT2D eigenvalue weighted by molar-refractivity contribution is 0.292. The Morgan fingerprint density at radius 3 is 2.58 bits per heavy atom. The van der Waals surface area contributed by atoms with Gasteiger partial charge in [0.05, 0.1) is 17.8 Å². The predicted octanol–water partition coefficient (Wildman–Crippen LogP) is 2.78. The van der Waals surface area contributed by atoms with Gasteiger partial charge in [-0.1, -0.05) is 42.5 Å². The largest absolute Gasteiger partial charge is 0.468 e. The monoisotopic (exact) mass is 274 g/mol. The molecule has 1 heterocycles. The third kappa shape index (κ3) is 3.91. The van der Waals surface area contributed by atoms with Crippen LogP contribution in [0.2, 0.25) is 0 Å². The van der Waals surface area contributed by atoms with E-state index in [0.717, 1.165) is 24.4 Å². The summed E-state index contributed by atoms with van der Waals surface area (Å²) >= 11 is 5.19. The summed E-state index contributed by atoms with van der Waals surface area (Å²) in [6.07, 6.45) is 1.69. The number of furan rings is 1. The van der Waals surface area contributed by atoms with Crippen LogP contribution in [0.15, 0.2) is 53.1 Å². The van der Waals surface area contributed by atoms with E-state index in [-0.39, 0.29) is 5.92 Å². The van der Waals surface area contributed by atoms with Gasteiger partial charge < -0.3 is 10.2 Å². The summed E-state index contributed by atoms with van der Waals surface area (Å²) in [5.74, 6) is 1.01. The van der Waals surface area contributed by atoms with Crippen molar-refractivity contribution in [2.45, 2.75) is 12.5 Å². The van der Waals surface area contributed by atoms with E-state index in [1.54, 1.807) is 6.26 Å². The Morgan fingerprint density at radius 2 is 2.00 bits per heavy atom. The molecule has 1 atom stereocenters. The third-order valence-corrected chi connectivity index (χ3v) is 3.33. The van der Waals surface area contributed by atoms with Gasteiger partial charge in [0.2, 0.25) is 0 Å². The number of nitrogens with zero attached hydrogens (tertiary/aromatic N) is 1. The lowest BCUT2D eigenvalue weighted by Gasteiger charge is -2.23. The average molecular weight is 274 g/mol. The minimum atomic E-state index is 0.0659. The molecule has 19 heavy (non-hydrogen) atoms. The fraction of sp³-hybridized carbons (Fsp3) is 0.267. The molecule has 0 amide bonds. The topological polar surface area (TPSA) is 42.4 Å². The van der Waals surface area contributed by atoms with Crippen LogP contribution in [0.25, 0.3) is 0 Å². The lowest BCUT2D eigenvalue weighted by atomic mass is 9.98. The second kappa shape index (κ2) is 6.50. The maximum Gasteiger partial charge on any atom is 0.117 e. The van der Waals surface area contributed by atoms with Gasteiger partial charge in [-0.25, -0.2) is 0 Å². The van der Waals surface area contributed by atoms with Crippen molar-refractivity contribution in [2.24, 2.45) is 5.73 Å². The first-order valence-corrected chi connectivity index (χ1v) is 6.63. The van der Waals surface area contributed by atoms with Crippen LogP contribution in [-0.2, 0) is 6.54 Å². The number of benzene rings is 1. The van der Waals surface area contributed by atoms with Gasteiger partial charge in [0.1, 0.15) is 5.76 Å². The van der Waals surface area contributed by atoms with E-state index in [4.69, 9.17) is 22.4 Å². The van der Waals surface area contributed by atoms with Crippen molar-refractivity contribution in [3.8, 4) is 0 Å². The van der Waals surface area contributed by atoms with Gasteiger partial charge in [-0.2, -0.15) is 0 Å². The molecule has 100 valence electrons. The fourth-order valence-electron chi connectivity index (χ4n) is 2.09. The first kappa shape index (κ1) is 13.8. The van der Waals surface area contributed by atoms with Crippen molar-refractivity contribution in [1.82, 2.24) is 4.90 Å². The van der Waals surface area contributed by atoms with Crippen LogP contribution in [0.1, 0.15) is 17.2 Å². The minimum Gasteiger partial charge on any atom is -0.468 e. The normalized spacial score (nSPS) is 12.5. The average Bonchev–Trinajstić information content (AvgIpc) is 2.89. The molecule has 2 aromatic rings. The van der Waals surface area contributed by atoms with Crippen molar-refractivity contribution in [3.63, 3.8) is 0 Å². The first-order valence-electron chi connectivity index (χ1n) is 6.22. The smallest absolute Gasteiger partial charge is 0.117 e. The number of thiocarbonyl (C=S) groups is 1. The zero-order valence-electron chi connectivity index (χ0n) is 11.0. The van der Waals surface area contributed by atoms with Crippen LogP contribution in [0.4, 0.5) is 0 Å². The van der Waals surface area contributed by atoms with Crippen LogP contribution in [-0.4, -0.2) is 23.5 Å². The first-order chi connectivity index (χ1) is 9.16. The van der Waals surface area contributed by atoms with Gasteiger partial charge in [-0.05, 0) is 24.7 Å². The van der Waals surface area contributed by atoms with E-state index < -0.39 is 0 Å². The van der Waals surface area contributed by atoms with Crippen LogP contribution in [0.5, 0.6) is 0 Å². The van der Waals surface area contributed by atoms with Crippen molar-refractivity contribution in [1.29, 1.82) is 0 Å². The molecule has 0 aliphatic carbocycles. The molecular formula is C15H18N2OS. The molecule has 3 nitrogen and oxygen atoms in total. The van der Waals surface area contributed by atoms with E-state index in [1.807, 2.05) is 37.4 Å². The fourth-order valence-corrected chi connectivity index (χ4v) is 2.30. The molecule has 1 aromatic carbocycles. The van der Waals surface area contributed by atoms with Gasteiger partial charge in [0.15, 0.2) is 0 Å². The van der Waals surface area contributed by atoms with Crippen LogP contribution >= 0.6 is 12.2 Å². The molecule has 4 heteroatoms. The molecule has 0 spiro atoms. The van der Waals surface area contributed by atoms with Gasteiger partial charge in [0.25, 0.3) is 0 Å². The molecule has 2 N–H and O–H groups in total.